The number of phenols is 1. The van der Waals surface area contributed by atoms with Gasteiger partial charge in [-0.25, -0.2) is 4.98 Å². The molecule has 4 N–H and O–H groups in total. The lowest BCUT2D eigenvalue weighted by Crippen LogP contribution is -2.20. The fraction of sp³-hybridized carbons (Fsp3) is 0.308. The fourth-order valence-electron chi connectivity index (χ4n) is 2.53. The van der Waals surface area contributed by atoms with Crippen molar-refractivity contribution < 1.29 is 10.1 Å². The first-order valence-corrected chi connectivity index (χ1v) is 5.71. The molecule has 0 bridgehead atoms. The third-order valence-corrected chi connectivity index (χ3v) is 3.37. The highest BCUT2D eigenvalue weighted by Crippen LogP contribution is 2.30. The highest BCUT2D eigenvalue weighted by molar-refractivity contribution is 5.90. The van der Waals surface area contributed by atoms with Gasteiger partial charge in [-0.3, -0.25) is 0 Å². The lowest BCUT2D eigenvalue weighted by Gasteiger charge is -2.14. The van der Waals surface area contributed by atoms with Crippen molar-refractivity contribution in [2.24, 2.45) is 0 Å². The molecule has 0 atom stereocenters. The molecule has 2 aromatic rings. The molecule has 0 unspecified atom stereocenters. The van der Waals surface area contributed by atoms with E-state index in [4.69, 9.17) is 5.73 Å². The lowest BCUT2D eigenvalue weighted by atomic mass is 9.93. The monoisotopic (exact) mass is 215 g/mol. The first-order chi connectivity index (χ1) is 7.75. The fourth-order valence-corrected chi connectivity index (χ4v) is 2.53. The number of nitrogens with one attached hydrogen (secondary N) is 1. The average molecular weight is 215 g/mol. The summed E-state index contributed by atoms with van der Waals surface area (Å²) < 4.78 is 0. The van der Waals surface area contributed by atoms with Crippen LogP contribution >= 0.6 is 0 Å². The number of aromatic hydroxyl groups is 1. The predicted molar refractivity (Wildman–Crippen MR) is 63.2 cm³/mol. The molecule has 1 aliphatic carbocycles. The van der Waals surface area contributed by atoms with Gasteiger partial charge < -0.3 is 10.8 Å². The summed E-state index contributed by atoms with van der Waals surface area (Å²) in [6.07, 6.45) is 4.56. The standard InChI is InChI=1S/C13H14N2O/c14-13-9-3-1-2-4-11(9)15-12-6-5-8(16)7-10(12)13/h5-7,16H,1-4H2,(H2,14,15)/p+1. The predicted octanol–water partition coefficient (Wildman–Crippen LogP) is 1.82. The zero-order valence-corrected chi connectivity index (χ0v) is 9.09. The van der Waals surface area contributed by atoms with Crippen molar-refractivity contribution in [1.29, 1.82) is 0 Å². The average Bonchev–Trinajstić information content (AvgIpc) is 2.31. The molecule has 0 saturated heterocycles. The number of hydrogen-bond acceptors (Lipinski definition) is 2. The number of fused-ring (bicyclic) bond motifs is 2. The number of rotatable bonds is 0. The quantitative estimate of drug-likeness (QED) is 0.704. The number of H-pyrrole nitrogens is 1. The van der Waals surface area contributed by atoms with Crippen LogP contribution in [-0.2, 0) is 12.8 Å². The molecule has 0 amide bonds. The van der Waals surface area contributed by atoms with E-state index in [0.717, 1.165) is 29.4 Å². The molecular formula is C13H15N2O+. The van der Waals surface area contributed by atoms with Crippen molar-refractivity contribution in [2.75, 3.05) is 5.73 Å². The Bertz CT molecular complexity index is 563. The Hall–Kier alpha value is -1.77. The zero-order valence-electron chi connectivity index (χ0n) is 9.09. The van der Waals surface area contributed by atoms with Gasteiger partial charge in [0.1, 0.15) is 5.75 Å². The molecule has 82 valence electrons. The van der Waals surface area contributed by atoms with E-state index in [-0.39, 0.29) is 5.75 Å². The second-order valence-electron chi connectivity index (χ2n) is 4.43. The first-order valence-electron chi connectivity index (χ1n) is 5.71. The molecule has 3 rings (SSSR count). The van der Waals surface area contributed by atoms with Crippen molar-refractivity contribution in [1.82, 2.24) is 0 Å². The van der Waals surface area contributed by atoms with Gasteiger partial charge in [-0.05, 0) is 31.4 Å². The summed E-state index contributed by atoms with van der Waals surface area (Å²) >= 11 is 0. The van der Waals surface area contributed by atoms with E-state index < -0.39 is 0 Å². The molecule has 3 heteroatoms. The highest BCUT2D eigenvalue weighted by Gasteiger charge is 2.21. The summed E-state index contributed by atoms with van der Waals surface area (Å²) in [5.74, 6) is 0.267. The highest BCUT2D eigenvalue weighted by atomic mass is 16.3. The van der Waals surface area contributed by atoms with E-state index in [1.807, 2.05) is 6.07 Å². The maximum absolute atomic E-state index is 9.49. The third kappa shape index (κ3) is 1.32. The topological polar surface area (TPSA) is 60.4 Å². The first kappa shape index (κ1) is 9.46. The van der Waals surface area contributed by atoms with Crippen LogP contribution in [0.5, 0.6) is 5.75 Å². The molecule has 1 aromatic carbocycles. The van der Waals surface area contributed by atoms with Crippen molar-refractivity contribution >= 4 is 16.6 Å². The molecule has 0 saturated carbocycles. The van der Waals surface area contributed by atoms with Crippen molar-refractivity contribution in [3.8, 4) is 5.75 Å². The third-order valence-electron chi connectivity index (χ3n) is 3.37. The Morgan fingerprint density at radius 2 is 2.00 bits per heavy atom. The van der Waals surface area contributed by atoms with Crippen LogP contribution in [0.15, 0.2) is 18.2 Å². The molecule has 1 aromatic heterocycles. The van der Waals surface area contributed by atoms with E-state index in [1.54, 1.807) is 12.1 Å². The van der Waals surface area contributed by atoms with E-state index in [1.165, 1.54) is 24.1 Å². The van der Waals surface area contributed by atoms with Crippen LogP contribution in [-0.4, -0.2) is 5.11 Å². The number of aryl methyl sites for hydroxylation is 1. The maximum Gasteiger partial charge on any atom is 0.213 e. The Balaban J connectivity index is 2.35. The largest absolute Gasteiger partial charge is 0.508 e. The number of benzene rings is 1. The molecule has 0 aliphatic heterocycles. The number of hydrogen-bond donors (Lipinski definition) is 2. The molecule has 1 heterocycles. The lowest BCUT2D eigenvalue weighted by molar-refractivity contribution is -0.359. The second kappa shape index (κ2) is 3.37. The Kier molecular flexibility index (Phi) is 1.99. The van der Waals surface area contributed by atoms with E-state index >= 15 is 0 Å². The summed E-state index contributed by atoms with van der Waals surface area (Å²) in [6.45, 7) is 0. The van der Waals surface area contributed by atoms with Gasteiger partial charge in [-0.15, -0.1) is 0 Å². The molecular weight excluding hydrogens is 200 g/mol. The summed E-state index contributed by atoms with van der Waals surface area (Å²) in [6, 6.07) is 5.31. The van der Waals surface area contributed by atoms with Gasteiger partial charge in [0.15, 0.2) is 5.69 Å². The Morgan fingerprint density at radius 3 is 2.88 bits per heavy atom. The van der Waals surface area contributed by atoms with Crippen molar-refractivity contribution in [2.45, 2.75) is 25.7 Å². The second-order valence-corrected chi connectivity index (χ2v) is 4.43. The number of phenolic OH excluding ortho intramolecular Hbond substituents is 1. The molecule has 16 heavy (non-hydrogen) atoms. The van der Waals surface area contributed by atoms with Crippen molar-refractivity contribution in [3.63, 3.8) is 0 Å². The number of anilines is 1. The van der Waals surface area contributed by atoms with Gasteiger partial charge in [0.05, 0.1) is 11.1 Å². The molecule has 0 radical (unpaired) electrons. The smallest absolute Gasteiger partial charge is 0.213 e. The minimum atomic E-state index is 0.267. The summed E-state index contributed by atoms with van der Waals surface area (Å²) in [4.78, 5) is 3.42. The van der Waals surface area contributed by atoms with Gasteiger partial charge in [-0.1, -0.05) is 0 Å². The number of aromatic amines is 1. The summed E-state index contributed by atoms with van der Waals surface area (Å²) in [7, 11) is 0. The van der Waals surface area contributed by atoms with Crippen LogP contribution in [0.25, 0.3) is 10.9 Å². The number of nitrogen functional groups attached to an aromatic ring is 1. The van der Waals surface area contributed by atoms with Crippen LogP contribution in [0, 0.1) is 0 Å². The number of nitrogens with two attached hydrogens (primary N) is 1. The molecule has 0 fully saturated rings. The van der Waals surface area contributed by atoms with E-state index in [9.17, 15) is 5.11 Å². The van der Waals surface area contributed by atoms with Gasteiger partial charge in [0.2, 0.25) is 5.52 Å². The normalized spacial score (nSPS) is 15.0. The van der Waals surface area contributed by atoms with Gasteiger partial charge in [-0.2, -0.15) is 0 Å². The maximum atomic E-state index is 9.49. The molecule has 0 spiro atoms. The van der Waals surface area contributed by atoms with Crippen molar-refractivity contribution in [3.05, 3.63) is 29.5 Å². The Morgan fingerprint density at radius 1 is 1.19 bits per heavy atom. The van der Waals surface area contributed by atoms with Crippen LogP contribution in [0.1, 0.15) is 24.1 Å². The van der Waals surface area contributed by atoms with Crippen LogP contribution < -0.4 is 10.7 Å². The Labute approximate surface area is 93.9 Å². The SMILES string of the molecule is Nc1c2c([nH+]c3ccc(O)cc13)CCCC2. The molecule has 1 aliphatic rings. The van der Waals surface area contributed by atoms with Gasteiger partial charge in [0, 0.05) is 18.1 Å². The van der Waals surface area contributed by atoms with E-state index in [2.05, 4.69) is 4.98 Å². The van der Waals surface area contributed by atoms with Gasteiger partial charge >= 0.3 is 0 Å². The van der Waals surface area contributed by atoms with Gasteiger partial charge in [0.25, 0.3) is 0 Å². The van der Waals surface area contributed by atoms with E-state index in [0.29, 0.717) is 0 Å². The minimum absolute atomic E-state index is 0.267. The zero-order chi connectivity index (χ0) is 11.1. The summed E-state index contributed by atoms with van der Waals surface area (Å²) in [5, 5.41) is 10.4. The summed E-state index contributed by atoms with van der Waals surface area (Å²) in [5.41, 5.74) is 10.5. The number of pyridine rings is 1. The number of aromatic nitrogens is 1. The minimum Gasteiger partial charge on any atom is -0.508 e. The van der Waals surface area contributed by atoms with Crippen LogP contribution in [0.4, 0.5) is 5.69 Å². The molecule has 3 nitrogen and oxygen atoms in total. The van der Waals surface area contributed by atoms with Crippen LogP contribution in [0.2, 0.25) is 0 Å². The van der Waals surface area contributed by atoms with Crippen LogP contribution in [0.3, 0.4) is 0 Å².